The number of rotatable bonds is 5. The number of nitrogens with zero attached hydrogens (tertiary/aromatic N) is 1. The van der Waals surface area contributed by atoms with Crippen molar-refractivity contribution in [3.05, 3.63) is 65.5 Å². The lowest BCUT2D eigenvalue weighted by molar-refractivity contribution is 0.0951. The molecule has 0 bridgehead atoms. The van der Waals surface area contributed by atoms with E-state index in [2.05, 4.69) is 48.4 Å². The highest BCUT2D eigenvalue weighted by Crippen LogP contribution is 2.10. The highest BCUT2D eigenvalue weighted by atomic mass is 35.5. The van der Waals surface area contributed by atoms with Gasteiger partial charge in [0.05, 0.1) is 0 Å². The van der Waals surface area contributed by atoms with Gasteiger partial charge in [-0.2, -0.15) is 0 Å². The second-order valence-electron chi connectivity index (χ2n) is 5.33. The van der Waals surface area contributed by atoms with E-state index in [1.54, 1.807) is 24.5 Å². The van der Waals surface area contributed by atoms with E-state index in [-0.39, 0.29) is 18.3 Å². The molecule has 0 aliphatic carbocycles. The molecule has 0 saturated heterocycles. The third kappa shape index (κ3) is 5.56. The number of carbonyl (C=O) groups excluding carboxylic acids is 1. The molecule has 0 aliphatic heterocycles. The molecule has 0 radical (unpaired) electrons. The lowest BCUT2D eigenvalue weighted by Gasteiger charge is -2.08. The van der Waals surface area contributed by atoms with E-state index in [4.69, 9.17) is 0 Å². The van der Waals surface area contributed by atoms with E-state index in [1.807, 2.05) is 0 Å². The summed E-state index contributed by atoms with van der Waals surface area (Å²) in [7, 11) is 0. The van der Waals surface area contributed by atoms with Crippen molar-refractivity contribution >= 4 is 18.3 Å². The molecule has 1 N–H and O–H groups in total. The normalized spacial score (nSPS) is 10.0. The van der Waals surface area contributed by atoms with E-state index in [0.29, 0.717) is 18.0 Å². The maximum atomic E-state index is 11.9. The summed E-state index contributed by atoms with van der Waals surface area (Å²) in [5.74, 6) is 0.589. The molecule has 2 aromatic rings. The number of pyridine rings is 1. The summed E-state index contributed by atoms with van der Waals surface area (Å²) in [4.78, 5) is 15.8. The smallest absolute Gasteiger partial charge is 0.251 e. The van der Waals surface area contributed by atoms with Gasteiger partial charge < -0.3 is 5.32 Å². The molecule has 0 fully saturated rings. The fourth-order valence-corrected chi connectivity index (χ4v) is 2.05. The van der Waals surface area contributed by atoms with Gasteiger partial charge in [-0.05, 0) is 35.6 Å². The van der Waals surface area contributed by atoms with Crippen LogP contribution in [0.2, 0.25) is 0 Å². The predicted octanol–water partition coefficient (Wildman–Crippen LogP) is 3.63. The fourth-order valence-electron chi connectivity index (χ4n) is 2.05. The minimum atomic E-state index is -0.0707. The van der Waals surface area contributed by atoms with Crippen molar-refractivity contribution in [3.8, 4) is 0 Å². The molecule has 0 unspecified atom stereocenters. The molecular weight excluding hydrogens is 284 g/mol. The molecule has 0 spiro atoms. The first-order chi connectivity index (χ1) is 9.65. The highest BCUT2D eigenvalue weighted by molar-refractivity contribution is 5.93. The maximum Gasteiger partial charge on any atom is 0.251 e. The van der Waals surface area contributed by atoms with Crippen LogP contribution in [0, 0.1) is 5.92 Å². The van der Waals surface area contributed by atoms with Crippen molar-refractivity contribution in [2.24, 2.45) is 5.92 Å². The number of hydrogen-bond acceptors (Lipinski definition) is 2. The summed E-state index contributed by atoms with van der Waals surface area (Å²) in [6.07, 6.45) is 4.33. The van der Waals surface area contributed by atoms with Crippen molar-refractivity contribution in [1.82, 2.24) is 10.3 Å². The van der Waals surface area contributed by atoms with Gasteiger partial charge >= 0.3 is 0 Å². The van der Waals surface area contributed by atoms with Crippen LogP contribution in [0.1, 0.15) is 35.3 Å². The third-order valence-electron chi connectivity index (χ3n) is 3.06. The molecule has 1 aromatic carbocycles. The summed E-state index contributed by atoms with van der Waals surface area (Å²) in [5, 5.41) is 2.91. The van der Waals surface area contributed by atoms with Crippen LogP contribution < -0.4 is 5.32 Å². The molecule has 21 heavy (non-hydrogen) atoms. The van der Waals surface area contributed by atoms with Gasteiger partial charge in [-0.1, -0.05) is 38.1 Å². The lowest BCUT2D eigenvalue weighted by Crippen LogP contribution is -2.22. The SMILES string of the molecule is CC(C)Cc1ccc(CNC(=O)c2ccncc2)cc1.Cl. The van der Waals surface area contributed by atoms with Crippen LogP contribution in [-0.4, -0.2) is 10.9 Å². The summed E-state index contributed by atoms with van der Waals surface area (Å²) >= 11 is 0. The largest absolute Gasteiger partial charge is 0.348 e. The van der Waals surface area contributed by atoms with E-state index in [1.165, 1.54) is 5.56 Å². The zero-order valence-corrected chi connectivity index (χ0v) is 13.2. The second-order valence-corrected chi connectivity index (χ2v) is 5.33. The molecule has 4 heteroatoms. The lowest BCUT2D eigenvalue weighted by atomic mass is 10.0. The Morgan fingerprint density at radius 1 is 1.05 bits per heavy atom. The number of halogens is 1. The Kier molecular flexibility index (Phi) is 6.89. The molecule has 0 aliphatic rings. The topological polar surface area (TPSA) is 42.0 Å². The van der Waals surface area contributed by atoms with Crippen LogP contribution in [-0.2, 0) is 13.0 Å². The number of benzene rings is 1. The Morgan fingerprint density at radius 3 is 2.19 bits per heavy atom. The highest BCUT2D eigenvalue weighted by Gasteiger charge is 2.04. The predicted molar refractivity (Wildman–Crippen MR) is 87.6 cm³/mol. The number of nitrogens with one attached hydrogen (secondary N) is 1. The Bertz CT molecular complexity index is 553. The molecule has 1 aromatic heterocycles. The van der Waals surface area contributed by atoms with Crippen molar-refractivity contribution < 1.29 is 4.79 Å². The number of aromatic nitrogens is 1. The van der Waals surface area contributed by atoms with Gasteiger partial charge in [0.2, 0.25) is 0 Å². The molecule has 2 rings (SSSR count). The zero-order valence-electron chi connectivity index (χ0n) is 12.4. The molecule has 112 valence electrons. The quantitative estimate of drug-likeness (QED) is 0.916. The number of hydrogen-bond donors (Lipinski definition) is 1. The summed E-state index contributed by atoms with van der Waals surface area (Å²) in [6.45, 7) is 4.97. The monoisotopic (exact) mass is 304 g/mol. The Hall–Kier alpha value is -1.87. The first-order valence-corrected chi connectivity index (χ1v) is 6.91. The van der Waals surface area contributed by atoms with Crippen LogP contribution in [0.5, 0.6) is 0 Å². The molecular formula is C17H21ClN2O. The van der Waals surface area contributed by atoms with Crippen molar-refractivity contribution in [2.75, 3.05) is 0 Å². The van der Waals surface area contributed by atoms with Gasteiger partial charge in [-0.3, -0.25) is 9.78 Å². The molecule has 0 saturated carbocycles. The standard InChI is InChI=1S/C17H20N2O.ClH/c1-13(2)11-14-3-5-15(6-4-14)12-19-17(20)16-7-9-18-10-8-16;/h3-10,13H,11-12H2,1-2H3,(H,19,20);1H. The number of amides is 1. The maximum absolute atomic E-state index is 11.9. The Morgan fingerprint density at radius 2 is 1.62 bits per heavy atom. The van der Waals surface area contributed by atoms with E-state index in [0.717, 1.165) is 12.0 Å². The third-order valence-corrected chi connectivity index (χ3v) is 3.06. The first kappa shape index (κ1) is 17.2. The summed E-state index contributed by atoms with van der Waals surface area (Å²) < 4.78 is 0. The van der Waals surface area contributed by atoms with Crippen LogP contribution in [0.25, 0.3) is 0 Å². The van der Waals surface area contributed by atoms with Gasteiger partial charge in [-0.25, -0.2) is 0 Å². The van der Waals surface area contributed by atoms with Gasteiger partial charge in [0, 0.05) is 24.5 Å². The fraction of sp³-hybridized carbons (Fsp3) is 0.294. The second kappa shape index (κ2) is 8.42. The van der Waals surface area contributed by atoms with Crippen molar-refractivity contribution in [1.29, 1.82) is 0 Å². The van der Waals surface area contributed by atoms with Gasteiger partial charge in [-0.15, -0.1) is 12.4 Å². The summed E-state index contributed by atoms with van der Waals surface area (Å²) in [6, 6.07) is 11.8. The summed E-state index contributed by atoms with van der Waals surface area (Å²) in [5.41, 5.74) is 3.08. The van der Waals surface area contributed by atoms with E-state index < -0.39 is 0 Å². The van der Waals surface area contributed by atoms with Crippen LogP contribution in [0.15, 0.2) is 48.8 Å². The van der Waals surface area contributed by atoms with Crippen LogP contribution >= 0.6 is 12.4 Å². The number of carbonyl (C=O) groups is 1. The van der Waals surface area contributed by atoms with Crippen molar-refractivity contribution in [3.63, 3.8) is 0 Å². The van der Waals surface area contributed by atoms with Gasteiger partial charge in [0.15, 0.2) is 0 Å². The molecule has 1 amide bonds. The van der Waals surface area contributed by atoms with Crippen LogP contribution in [0.4, 0.5) is 0 Å². The zero-order chi connectivity index (χ0) is 14.4. The van der Waals surface area contributed by atoms with E-state index >= 15 is 0 Å². The van der Waals surface area contributed by atoms with Crippen molar-refractivity contribution in [2.45, 2.75) is 26.8 Å². The Labute approximate surface area is 132 Å². The van der Waals surface area contributed by atoms with Gasteiger partial charge in [0.1, 0.15) is 0 Å². The minimum Gasteiger partial charge on any atom is -0.348 e. The van der Waals surface area contributed by atoms with E-state index in [9.17, 15) is 4.79 Å². The average molecular weight is 305 g/mol. The Balaban J connectivity index is 0.00000220. The molecule has 3 nitrogen and oxygen atoms in total. The molecule has 0 atom stereocenters. The van der Waals surface area contributed by atoms with Gasteiger partial charge in [0.25, 0.3) is 5.91 Å². The average Bonchev–Trinajstić information content (AvgIpc) is 2.46. The molecule has 1 heterocycles. The van der Waals surface area contributed by atoms with Crippen LogP contribution in [0.3, 0.4) is 0 Å². The first-order valence-electron chi connectivity index (χ1n) is 6.91. The minimum absolute atomic E-state index is 0.